The van der Waals surface area contributed by atoms with E-state index in [0.29, 0.717) is 59.5 Å². The van der Waals surface area contributed by atoms with E-state index in [1.807, 2.05) is 29.0 Å². The van der Waals surface area contributed by atoms with Crippen LogP contribution in [0.5, 0.6) is 6.01 Å². The first kappa shape index (κ1) is 32.0. The van der Waals surface area contributed by atoms with Crippen LogP contribution >= 0.6 is 11.6 Å². The molecule has 256 valence electrons. The fraction of sp³-hybridized carbons (Fsp3) is 0.457. The average Bonchev–Trinajstić information content (AvgIpc) is 3.77. The van der Waals surface area contributed by atoms with E-state index >= 15 is 4.39 Å². The molecule has 4 fully saturated rings. The number of nitrogens with one attached hydrogen (secondary N) is 1. The molecular formula is C35H38ClF2N9O2. The highest BCUT2D eigenvalue weighted by molar-refractivity contribution is 6.36. The Morgan fingerprint density at radius 1 is 1.22 bits per heavy atom. The van der Waals surface area contributed by atoms with Gasteiger partial charge in [-0.25, -0.2) is 13.8 Å². The van der Waals surface area contributed by atoms with Crippen LogP contribution in [-0.2, 0) is 4.79 Å². The molecule has 0 saturated carbocycles. The summed E-state index contributed by atoms with van der Waals surface area (Å²) in [6.07, 6.45) is 8.04. The van der Waals surface area contributed by atoms with Crippen molar-refractivity contribution in [1.29, 1.82) is 0 Å². The lowest BCUT2D eigenvalue weighted by atomic mass is 9.95. The van der Waals surface area contributed by atoms with E-state index < -0.39 is 17.5 Å². The lowest BCUT2D eigenvalue weighted by molar-refractivity contribution is -0.125. The molecule has 0 radical (unpaired) electrons. The number of likely N-dealkylation sites (tertiary alicyclic amines) is 1. The summed E-state index contributed by atoms with van der Waals surface area (Å²) in [5.74, 6) is -0.143. The number of carbonyl (C=O) groups is 1. The fourth-order valence-corrected chi connectivity index (χ4v) is 8.11. The molecule has 8 rings (SSSR count). The molecule has 7 heterocycles. The van der Waals surface area contributed by atoms with E-state index in [-0.39, 0.29) is 53.3 Å². The molecule has 0 aliphatic carbocycles. The summed E-state index contributed by atoms with van der Waals surface area (Å²) in [6.45, 7) is 3.40. The van der Waals surface area contributed by atoms with Crippen molar-refractivity contribution < 1.29 is 18.3 Å². The van der Waals surface area contributed by atoms with Crippen molar-refractivity contribution in [1.82, 2.24) is 35.1 Å². The van der Waals surface area contributed by atoms with Gasteiger partial charge >= 0.3 is 6.01 Å². The molecule has 3 aromatic heterocycles. The predicted octanol–water partition coefficient (Wildman–Crippen LogP) is 4.53. The third-order valence-electron chi connectivity index (χ3n) is 10.6. The molecule has 0 unspecified atom stereocenters. The lowest BCUT2D eigenvalue weighted by Crippen LogP contribution is -2.43. The Kier molecular flexibility index (Phi) is 8.24. The molecule has 3 N–H and O–H groups in total. The number of nitrogens with zero attached hydrogens (tertiary/aromatic N) is 7. The lowest BCUT2D eigenvalue weighted by Gasteiger charge is -2.31. The van der Waals surface area contributed by atoms with Crippen molar-refractivity contribution in [2.24, 2.45) is 0 Å². The second kappa shape index (κ2) is 12.6. The van der Waals surface area contributed by atoms with E-state index in [9.17, 15) is 9.18 Å². The number of amides is 1. The molecule has 4 aromatic rings. The van der Waals surface area contributed by atoms with Crippen LogP contribution in [0.2, 0.25) is 5.02 Å². The third-order valence-corrected chi connectivity index (χ3v) is 10.9. The molecule has 49 heavy (non-hydrogen) atoms. The van der Waals surface area contributed by atoms with Crippen molar-refractivity contribution in [3.05, 3.63) is 53.5 Å². The molecule has 14 heteroatoms. The maximum absolute atomic E-state index is 16.8. The molecule has 0 bridgehead atoms. The quantitative estimate of drug-likeness (QED) is 0.255. The van der Waals surface area contributed by atoms with Gasteiger partial charge in [-0.2, -0.15) is 9.97 Å². The van der Waals surface area contributed by atoms with Crippen molar-refractivity contribution in [2.45, 2.75) is 55.9 Å². The number of nitrogen functional groups attached to an aromatic ring is 1. The molecule has 4 aliphatic rings. The van der Waals surface area contributed by atoms with Gasteiger partial charge in [-0.05, 0) is 56.3 Å². The normalized spacial score (nSPS) is 25.4. The van der Waals surface area contributed by atoms with E-state index in [2.05, 4.69) is 25.2 Å². The number of anilines is 2. The summed E-state index contributed by atoms with van der Waals surface area (Å²) >= 11 is 6.59. The zero-order valence-corrected chi connectivity index (χ0v) is 28.0. The number of carbonyl (C=O) groups excluding carboxylic acids is 1. The first-order valence-electron chi connectivity index (χ1n) is 16.9. The van der Waals surface area contributed by atoms with Gasteiger partial charge in [-0.3, -0.25) is 14.7 Å². The predicted molar refractivity (Wildman–Crippen MR) is 185 cm³/mol. The third kappa shape index (κ3) is 5.81. The summed E-state index contributed by atoms with van der Waals surface area (Å²) in [6, 6.07) is 7.13. The van der Waals surface area contributed by atoms with Gasteiger partial charge in [0, 0.05) is 62.8 Å². The summed E-state index contributed by atoms with van der Waals surface area (Å²) in [4.78, 5) is 37.3. The second-order valence-corrected chi connectivity index (χ2v) is 14.1. The molecule has 0 spiro atoms. The number of rotatable bonds is 8. The van der Waals surface area contributed by atoms with Gasteiger partial charge in [-0.1, -0.05) is 29.8 Å². The number of benzene rings is 1. The van der Waals surface area contributed by atoms with Crippen molar-refractivity contribution in [2.75, 3.05) is 57.0 Å². The molecule has 1 aromatic carbocycles. The first-order chi connectivity index (χ1) is 23.7. The summed E-state index contributed by atoms with van der Waals surface area (Å²) in [5.41, 5.74) is 5.84. The SMILES string of the molecule is CN(c1nc(OC[C@@]23CCCN2C[C@H](F)C3)nc2c(F)c(-c3nc(N)cc4cccc(Cl)c34)ncc12)[C@@H]1CCN(C(=O)/C=C/[C@@H]2CCN2)C1. The van der Waals surface area contributed by atoms with Crippen LogP contribution < -0.4 is 20.7 Å². The number of fused-ring (bicyclic) bond motifs is 3. The van der Waals surface area contributed by atoms with Crippen molar-refractivity contribution in [3.63, 3.8) is 0 Å². The van der Waals surface area contributed by atoms with E-state index in [4.69, 9.17) is 27.1 Å². The molecule has 4 saturated heterocycles. The van der Waals surface area contributed by atoms with Crippen LogP contribution in [0.15, 0.2) is 42.6 Å². The number of ether oxygens (including phenoxy) is 1. The number of halogens is 3. The van der Waals surface area contributed by atoms with Gasteiger partial charge in [0.05, 0.1) is 15.9 Å². The Labute approximate surface area is 287 Å². The fourth-order valence-electron chi connectivity index (χ4n) is 7.84. The van der Waals surface area contributed by atoms with Gasteiger partial charge in [0.15, 0.2) is 5.82 Å². The number of aromatic nitrogens is 4. The Morgan fingerprint density at radius 2 is 2.08 bits per heavy atom. The minimum Gasteiger partial charge on any atom is -0.461 e. The number of pyridine rings is 2. The number of alkyl halides is 1. The van der Waals surface area contributed by atoms with Gasteiger partial charge in [0.1, 0.15) is 41.3 Å². The second-order valence-electron chi connectivity index (χ2n) is 13.7. The van der Waals surface area contributed by atoms with Crippen LogP contribution in [0, 0.1) is 5.82 Å². The Bertz CT molecular complexity index is 1980. The van der Waals surface area contributed by atoms with Crippen molar-refractivity contribution in [3.8, 4) is 17.4 Å². The highest BCUT2D eigenvalue weighted by Gasteiger charge is 2.49. The summed E-state index contributed by atoms with van der Waals surface area (Å²) < 4.78 is 37.6. The zero-order valence-electron chi connectivity index (χ0n) is 27.2. The van der Waals surface area contributed by atoms with Crippen LogP contribution in [0.25, 0.3) is 33.1 Å². The highest BCUT2D eigenvalue weighted by Crippen LogP contribution is 2.41. The molecule has 1 amide bonds. The minimum atomic E-state index is -0.922. The minimum absolute atomic E-state index is 0.00120. The largest absolute Gasteiger partial charge is 0.461 e. The van der Waals surface area contributed by atoms with Gasteiger partial charge in [0.2, 0.25) is 5.91 Å². The molecule has 11 nitrogen and oxygen atoms in total. The van der Waals surface area contributed by atoms with Gasteiger partial charge in [-0.15, -0.1) is 0 Å². The summed E-state index contributed by atoms with van der Waals surface area (Å²) in [5, 5.41) is 5.25. The highest BCUT2D eigenvalue weighted by atomic mass is 35.5. The van der Waals surface area contributed by atoms with Crippen LogP contribution in [0.3, 0.4) is 0 Å². The first-order valence-corrected chi connectivity index (χ1v) is 17.2. The monoisotopic (exact) mass is 689 g/mol. The maximum atomic E-state index is 16.8. The number of hydrogen-bond donors (Lipinski definition) is 2. The summed E-state index contributed by atoms with van der Waals surface area (Å²) in [7, 11) is 1.87. The van der Waals surface area contributed by atoms with E-state index in [1.165, 1.54) is 6.20 Å². The maximum Gasteiger partial charge on any atom is 0.319 e. The van der Waals surface area contributed by atoms with Gasteiger partial charge < -0.3 is 25.6 Å². The standard InChI is InChI=1S/C35H38ClF2N9O2/c1-45(23-9-13-46(18-23)27(48)7-6-22-8-11-40-22)33-24-16-41-32(31-28-20(14-26(39)42-31)4-2-5-25(28)36)29(38)30(24)43-34(44-33)49-19-35-10-3-12-47(35)17-21(37)15-35/h2,4-7,14,16,21-23,40H,3,8-13,15,17-19H2,1H3,(H2,39,42)/b7-6+/t21-,22-,23-,35+/m1/s1. The molecule has 4 atom stereocenters. The Morgan fingerprint density at radius 3 is 2.90 bits per heavy atom. The Hall–Kier alpha value is -4.20. The van der Waals surface area contributed by atoms with Gasteiger partial charge in [0.25, 0.3) is 0 Å². The number of likely N-dealkylation sites (N-methyl/N-ethyl adjacent to an activating group) is 1. The smallest absolute Gasteiger partial charge is 0.319 e. The van der Waals surface area contributed by atoms with E-state index in [1.54, 1.807) is 24.3 Å². The molecular weight excluding hydrogens is 652 g/mol. The molecule has 4 aliphatic heterocycles. The zero-order chi connectivity index (χ0) is 33.9. The van der Waals surface area contributed by atoms with Crippen LogP contribution in [0.1, 0.15) is 32.1 Å². The number of nitrogens with two attached hydrogens (primary N) is 1. The van der Waals surface area contributed by atoms with Crippen LogP contribution in [-0.4, -0.2) is 106 Å². The number of hydrogen-bond acceptors (Lipinski definition) is 10. The van der Waals surface area contributed by atoms with Crippen molar-refractivity contribution >= 4 is 50.8 Å². The van der Waals surface area contributed by atoms with E-state index in [0.717, 1.165) is 32.4 Å². The Balaban J connectivity index is 1.17. The van der Waals surface area contributed by atoms with Crippen LogP contribution in [0.4, 0.5) is 20.4 Å². The average molecular weight is 690 g/mol. The topological polar surface area (TPSA) is 126 Å².